The van der Waals surface area contributed by atoms with Gasteiger partial charge in [0.15, 0.2) is 0 Å². The van der Waals surface area contributed by atoms with Crippen molar-refractivity contribution in [3.05, 3.63) is 64.9 Å². The van der Waals surface area contributed by atoms with Crippen LogP contribution in [0.1, 0.15) is 5.56 Å². The van der Waals surface area contributed by atoms with Gasteiger partial charge in [0, 0.05) is 23.1 Å². The van der Waals surface area contributed by atoms with Crippen molar-refractivity contribution < 1.29 is 4.39 Å². The Labute approximate surface area is 122 Å². The molecule has 100 valence electrons. The van der Waals surface area contributed by atoms with E-state index in [-0.39, 0.29) is 5.82 Å². The topological polar surface area (TPSA) is 12.0 Å². The van der Waals surface area contributed by atoms with Crippen molar-refractivity contribution in [1.82, 2.24) is 0 Å². The zero-order valence-electron chi connectivity index (χ0n) is 10.4. The molecule has 0 amide bonds. The molecule has 19 heavy (non-hydrogen) atoms. The highest BCUT2D eigenvalue weighted by atomic mass is 35.5. The van der Waals surface area contributed by atoms with Gasteiger partial charge in [-0.1, -0.05) is 41.9 Å². The number of thioether (sulfide) groups is 1. The van der Waals surface area contributed by atoms with Crippen molar-refractivity contribution in [3.63, 3.8) is 0 Å². The Bertz CT molecular complexity index is 486. The zero-order chi connectivity index (χ0) is 13.5. The van der Waals surface area contributed by atoms with Crippen LogP contribution in [0.4, 0.5) is 10.1 Å². The van der Waals surface area contributed by atoms with Crippen molar-refractivity contribution in [2.75, 3.05) is 17.6 Å². The summed E-state index contributed by atoms with van der Waals surface area (Å²) >= 11 is 7.85. The van der Waals surface area contributed by atoms with Crippen LogP contribution in [-0.2, 0) is 5.75 Å². The molecule has 2 aromatic carbocycles. The summed E-state index contributed by atoms with van der Waals surface area (Å²) in [4.78, 5) is 0. The third-order valence-electron chi connectivity index (χ3n) is 2.65. The second kappa shape index (κ2) is 7.41. The Kier molecular flexibility index (Phi) is 5.55. The number of para-hydroxylation sites is 1. The van der Waals surface area contributed by atoms with E-state index >= 15 is 0 Å². The third kappa shape index (κ3) is 4.44. The first-order valence-corrected chi connectivity index (χ1v) is 7.60. The van der Waals surface area contributed by atoms with Crippen molar-refractivity contribution in [1.29, 1.82) is 0 Å². The number of halogens is 2. The van der Waals surface area contributed by atoms with Gasteiger partial charge in [0.25, 0.3) is 0 Å². The lowest BCUT2D eigenvalue weighted by Crippen LogP contribution is -2.05. The van der Waals surface area contributed by atoms with Gasteiger partial charge in [-0.15, -0.1) is 0 Å². The molecule has 0 aliphatic heterocycles. The molecular weight excluding hydrogens is 281 g/mol. The molecule has 4 heteroatoms. The molecule has 0 saturated carbocycles. The molecule has 0 aromatic heterocycles. The van der Waals surface area contributed by atoms with Crippen LogP contribution in [0, 0.1) is 5.82 Å². The quantitative estimate of drug-likeness (QED) is 0.767. The van der Waals surface area contributed by atoms with Crippen LogP contribution in [0.15, 0.2) is 48.5 Å². The molecule has 0 unspecified atom stereocenters. The summed E-state index contributed by atoms with van der Waals surface area (Å²) in [7, 11) is 0. The minimum atomic E-state index is -0.210. The Hall–Kier alpha value is -1.19. The van der Waals surface area contributed by atoms with E-state index in [4.69, 9.17) is 11.6 Å². The lowest BCUT2D eigenvalue weighted by atomic mass is 10.2. The highest BCUT2D eigenvalue weighted by Gasteiger charge is 2.00. The van der Waals surface area contributed by atoms with Crippen LogP contribution in [0.2, 0.25) is 5.02 Å². The van der Waals surface area contributed by atoms with Gasteiger partial charge in [-0.25, -0.2) is 4.39 Å². The number of hydrogen-bond donors (Lipinski definition) is 1. The first-order valence-electron chi connectivity index (χ1n) is 6.07. The average molecular weight is 296 g/mol. The number of rotatable bonds is 6. The molecule has 0 fully saturated rings. The lowest BCUT2D eigenvalue weighted by Gasteiger charge is -2.07. The summed E-state index contributed by atoms with van der Waals surface area (Å²) in [6.07, 6.45) is 0. The van der Waals surface area contributed by atoms with E-state index in [1.165, 1.54) is 6.07 Å². The molecule has 0 bridgehead atoms. The molecule has 0 saturated heterocycles. The third-order valence-corrected chi connectivity index (χ3v) is 4.03. The predicted molar refractivity (Wildman–Crippen MR) is 82.5 cm³/mol. The molecule has 1 N–H and O–H groups in total. The largest absolute Gasteiger partial charge is 0.382 e. The minimum absolute atomic E-state index is 0.210. The van der Waals surface area contributed by atoms with E-state index in [9.17, 15) is 4.39 Å². The zero-order valence-corrected chi connectivity index (χ0v) is 12.0. The van der Waals surface area contributed by atoms with Gasteiger partial charge in [0.1, 0.15) is 5.82 Å². The maximum absolute atomic E-state index is 13.3. The molecule has 0 heterocycles. The summed E-state index contributed by atoms with van der Waals surface area (Å²) in [6.45, 7) is 0.732. The Balaban J connectivity index is 1.71. The van der Waals surface area contributed by atoms with Gasteiger partial charge in [0.2, 0.25) is 0 Å². The molecule has 1 nitrogen and oxygen atoms in total. The van der Waals surface area contributed by atoms with E-state index in [2.05, 4.69) is 5.32 Å². The summed E-state index contributed by atoms with van der Waals surface area (Å²) < 4.78 is 13.3. The summed E-state index contributed by atoms with van der Waals surface area (Å²) in [5.74, 6) is 1.57. The van der Waals surface area contributed by atoms with Crippen LogP contribution >= 0.6 is 23.4 Å². The summed E-state index contributed by atoms with van der Waals surface area (Å²) in [6, 6.07) is 14.5. The highest BCUT2D eigenvalue weighted by molar-refractivity contribution is 7.98. The second-order valence-electron chi connectivity index (χ2n) is 4.05. The monoisotopic (exact) mass is 295 g/mol. The van der Waals surface area contributed by atoms with Gasteiger partial charge >= 0.3 is 0 Å². The van der Waals surface area contributed by atoms with Crippen LogP contribution in [0.5, 0.6) is 0 Å². The Morgan fingerprint density at radius 3 is 2.58 bits per heavy atom. The fourth-order valence-corrected chi connectivity index (χ4v) is 2.80. The fourth-order valence-electron chi connectivity index (χ4n) is 1.66. The van der Waals surface area contributed by atoms with E-state index in [1.54, 1.807) is 23.9 Å². The molecule has 0 aliphatic rings. The molecule has 0 atom stereocenters. The number of nitrogens with one attached hydrogen (secondary N) is 1. The molecule has 0 aliphatic carbocycles. The van der Waals surface area contributed by atoms with E-state index < -0.39 is 0 Å². The second-order valence-corrected chi connectivity index (χ2v) is 5.56. The Morgan fingerprint density at radius 1 is 1.05 bits per heavy atom. The first kappa shape index (κ1) is 14.2. The fraction of sp³-hybridized carbons (Fsp3) is 0.200. The normalized spacial score (nSPS) is 10.4. The lowest BCUT2D eigenvalue weighted by molar-refractivity contribution is 0.630. The number of benzene rings is 2. The standard InChI is InChI=1S/C15H15ClFNS/c16-13-6-2-1-5-12(13)11-19-10-9-18-15-8-4-3-7-14(15)17/h1-8,18H,9-11H2. The summed E-state index contributed by atoms with van der Waals surface area (Å²) in [5.41, 5.74) is 1.70. The van der Waals surface area contributed by atoms with Crippen molar-refractivity contribution in [2.45, 2.75) is 5.75 Å². The highest BCUT2D eigenvalue weighted by Crippen LogP contribution is 2.20. The smallest absolute Gasteiger partial charge is 0.146 e. The number of anilines is 1. The van der Waals surface area contributed by atoms with E-state index in [0.717, 1.165) is 28.6 Å². The molecule has 0 spiro atoms. The summed E-state index contributed by atoms with van der Waals surface area (Å²) in [5, 5.41) is 3.89. The van der Waals surface area contributed by atoms with Crippen molar-refractivity contribution in [3.8, 4) is 0 Å². The molecule has 2 aromatic rings. The van der Waals surface area contributed by atoms with Gasteiger partial charge in [-0.2, -0.15) is 11.8 Å². The van der Waals surface area contributed by atoms with Gasteiger partial charge < -0.3 is 5.32 Å². The maximum atomic E-state index is 13.3. The van der Waals surface area contributed by atoms with Gasteiger partial charge in [-0.3, -0.25) is 0 Å². The number of hydrogen-bond acceptors (Lipinski definition) is 2. The van der Waals surface area contributed by atoms with Crippen molar-refractivity contribution in [2.24, 2.45) is 0 Å². The Morgan fingerprint density at radius 2 is 1.79 bits per heavy atom. The van der Waals surface area contributed by atoms with E-state index in [0.29, 0.717) is 5.69 Å². The first-order chi connectivity index (χ1) is 9.27. The van der Waals surface area contributed by atoms with Crippen molar-refractivity contribution >= 4 is 29.1 Å². The van der Waals surface area contributed by atoms with Crippen LogP contribution in [-0.4, -0.2) is 12.3 Å². The van der Waals surface area contributed by atoms with Crippen LogP contribution < -0.4 is 5.32 Å². The minimum Gasteiger partial charge on any atom is -0.382 e. The average Bonchev–Trinajstić information content (AvgIpc) is 2.42. The van der Waals surface area contributed by atoms with Crippen LogP contribution in [0.3, 0.4) is 0 Å². The van der Waals surface area contributed by atoms with E-state index in [1.807, 2.05) is 30.3 Å². The predicted octanol–water partition coefficient (Wildman–Crippen LogP) is 4.82. The molecular formula is C15H15ClFNS. The van der Waals surface area contributed by atoms with Gasteiger partial charge in [-0.05, 0) is 23.8 Å². The van der Waals surface area contributed by atoms with Crippen LogP contribution in [0.25, 0.3) is 0 Å². The SMILES string of the molecule is Fc1ccccc1NCCSCc1ccccc1Cl. The molecule has 2 rings (SSSR count). The molecule has 0 radical (unpaired) electrons. The maximum Gasteiger partial charge on any atom is 0.146 e. The van der Waals surface area contributed by atoms with Gasteiger partial charge in [0.05, 0.1) is 5.69 Å².